The number of ether oxygens (including phenoxy) is 1. The molecule has 0 radical (unpaired) electrons. The van der Waals surface area contributed by atoms with Crippen LogP contribution in [0, 0.1) is 0 Å². The molecule has 0 unspecified atom stereocenters. The van der Waals surface area contributed by atoms with Crippen molar-refractivity contribution in [3.63, 3.8) is 0 Å². The predicted molar refractivity (Wildman–Crippen MR) is 66.6 cm³/mol. The molecule has 0 saturated carbocycles. The summed E-state index contributed by atoms with van der Waals surface area (Å²) in [7, 11) is 2.03. The molecule has 1 heterocycles. The summed E-state index contributed by atoms with van der Waals surface area (Å²) in [6.45, 7) is 4.60. The molecule has 0 atom stereocenters. The van der Waals surface area contributed by atoms with Crippen LogP contribution in [0.4, 0.5) is 0 Å². The number of aromatic nitrogens is 1. The van der Waals surface area contributed by atoms with Crippen molar-refractivity contribution in [2.75, 3.05) is 0 Å². The second-order valence-electron chi connectivity index (χ2n) is 4.29. The Morgan fingerprint density at radius 2 is 2.12 bits per heavy atom. The van der Waals surface area contributed by atoms with Crippen molar-refractivity contribution in [2.45, 2.75) is 26.5 Å². The summed E-state index contributed by atoms with van der Waals surface area (Å²) in [6.07, 6.45) is 2.24. The molecule has 2 N–H and O–H groups in total. The Kier molecular flexibility index (Phi) is 2.88. The molecule has 0 aliphatic heterocycles. The average Bonchev–Trinajstić information content (AvgIpc) is 2.56. The van der Waals surface area contributed by atoms with E-state index in [1.807, 2.05) is 33.0 Å². The smallest absolute Gasteiger partial charge is 0.129 e. The molecule has 0 bridgehead atoms. The zero-order valence-electron chi connectivity index (χ0n) is 10.0. The molecule has 0 aliphatic carbocycles. The molecule has 1 aromatic heterocycles. The lowest BCUT2D eigenvalue weighted by Gasteiger charge is -2.11. The fourth-order valence-electron chi connectivity index (χ4n) is 2.01. The van der Waals surface area contributed by atoms with Gasteiger partial charge in [-0.25, -0.2) is 0 Å². The molecule has 0 amide bonds. The molecule has 16 heavy (non-hydrogen) atoms. The topological polar surface area (TPSA) is 40.2 Å². The van der Waals surface area contributed by atoms with Gasteiger partial charge in [0.05, 0.1) is 11.6 Å². The van der Waals surface area contributed by atoms with Gasteiger partial charge in [-0.05, 0) is 31.5 Å². The van der Waals surface area contributed by atoms with Crippen LogP contribution in [-0.4, -0.2) is 10.7 Å². The third-order valence-electron chi connectivity index (χ3n) is 2.64. The number of aryl methyl sites for hydroxylation is 1. The number of hydrogen-bond acceptors (Lipinski definition) is 2. The van der Waals surface area contributed by atoms with Crippen molar-refractivity contribution in [3.8, 4) is 5.75 Å². The zero-order valence-corrected chi connectivity index (χ0v) is 10.0. The number of nitrogens with zero attached hydrogens (tertiary/aromatic N) is 1. The van der Waals surface area contributed by atoms with Gasteiger partial charge in [0.25, 0.3) is 0 Å². The van der Waals surface area contributed by atoms with Crippen LogP contribution < -0.4 is 10.5 Å². The van der Waals surface area contributed by atoms with E-state index in [1.54, 1.807) is 0 Å². The fourth-order valence-corrected chi connectivity index (χ4v) is 2.01. The maximum atomic E-state index is 5.81. The normalized spacial score (nSPS) is 11.3. The van der Waals surface area contributed by atoms with Gasteiger partial charge in [-0.2, -0.15) is 0 Å². The Morgan fingerprint density at radius 3 is 2.75 bits per heavy atom. The number of fused-ring (bicyclic) bond motifs is 1. The summed E-state index contributed by atoms with van der Waals surface area (Å²) in [5.74, 6) is 0.925. The number of benzene rings is 1. The lowest BCUT2D eigenvalue weighted by molar-refractivity contribution is 0.245. The highest BCUT2D eigenvalue weighted by atomic mass is 16.5. The summed E-state index contributed by atoms with van der Waals surface area (Å²) >= 11 is 0. The van der Waals surface area contributed by atoms with Crippen LogP contribution in [0.25, 0.3) is 10.9 Å². The van der Waals surface area contributed by atoms with E-state index in [9.17, 15) is 0 Å². The van der Waals surface area contributed by atoms with Crippen molar-refractivity contribution >= 4 is 10.9 Å². The summed E-state index contributed by atoms with van der Waals surface area (Å²) < 4.78 is 7.90. The molecule has 3 heteroatoms. The molecule has 0 saturated heterocycles. The molecular weight excluding hydrogens is 200 g/mol. The van der Waals surface area contributed by atoms with Crippen LogP contribution in [0.15, 0.2) is 24.4 Å². The van der Waals surface area contributed by atoms with Gasteiger partial charge >= 0.3 is 0 Å². The highest BCUT2D eigenvalue weighted by Crippen LogP contribution is 2.30. The Balaban J connectivity index is 2.64. The van der Waals surface area contributed by atoms with Gasteiger partial charge in [0.1, 0.15) is 5.75 Å². The van der Waals surface area contributed by atoms with Gasteiger partial charge in [-0.3, -0.25) is 0 Å². The first-order valence-electron chi connectivity index (χ1n) is 5.57. The van der Waals surface area contributed by atoms with Crippen molar-refractivity contribution in [3.05, 3.63) is 30.0 Å². The summed E-state index contributed by atoms with van der Waals surface area (Å²) in [6, 6.07) is 6.10. The molecule has 2 rings (SSSR count). The van der Waals surface area contributed by atoms with Crippen molar-refractivity contribution in [1.29, 1.82) is 0 Å². The molecule has 0 spiro atoms. The first kappa shape index (κ1) is 11.0. The van der Waals surface area contributed by atoms with Crippen LogP contribution in [-0.2, 0) is 13.6 Å². The van der Waals surface area contributed by atoms with Gasteiger partial charge < -0.3 is 15.0 Å². The largest absolute Gasteiger partial charge is 0.490 e. The molecule has 86 valence electrons. The molecule has 0 aliphatic rings. The van der Waals surface area contributed by atoms with E-state index < -0.39 is 0 Å². The van der Waals surface area contributed by atoms with Crippen LogP contribution >= 0.6 is 0 Å². The quantitative estimate of drug-likeness (QED) is 0.859. The monoisotopic (exact) mass is 218 g/mol. The molecule has 1 aromatic carbocycles. The maximum Gasteiger partial charge on any atom is 0.129 e. The minimum absolute atomic E-state index is 0.177. The molecule has 2 aromatic rings. The Bertz CT molecular complexity index is 500. The van der Waals surface area contributed by atoms with E-state index in [0.29, 0.717) is 6.54 Å². The Hall–Kier alpha value is -1.48. The van der Waals surface area contributed by atoms with Crippen LogP contribution in [0.5, 0.6) is 5.75 Å². The molecular formula is C13H18N2O. The van der Waals surface area contributed by atoms with Crippen molar-refractivity contribution < 1.29 is 4.74 Å². The third-order valence-corrected chi connectivity index (χ3v) is 2.64. The molecule has 0 fully saturated rings. The van der Waals surface area contributed by atoms with E-state index in [0.717, 1.165) is 16.7 Å². The molecule has 3 nitrogen and oxygen atoms in total. The van der Waals surface area contributed by atoms with Crippen molar-refractivity contribution in [2.24, 2.45) is 12.8 Å². The summed E-state index contributed by atoms with van der Waals surface area (Å²) in [5, 5.41) is 1.14. The van der Waals surface area contributed by atoms with Gasteiger partial charge in [-0.1, -0.05) is 6.07 Å². The van der Waals surface area contributed by atoms with Gasteiger partial charge in [0, 0.05) is 25.2 Å². The zero-order chi connectivity index (χ0) is 11.7. The standard InChI is InChI=1S/C13H18N2O/c1-9(2)16-12-6-4-5-11-13(12)10(7-14)8-15(11)3/h4-6,8-9H,7,14H2,1-3H3. The SMILES string of the molecule is CC(C)Oc1cccc2c1c(CN)cn2C. The minimum atomic E-state index is 0.177. The van der Waals surface area contributed by atoms with E-state index in [4.69, 9.17) is 10.5 Å². The van der Waals surface area contributed by atoms with Gasteiger partial charge in [0.2, 0.25) is 0 Å². The second-order valence-corrected chi connectivity index (χ2v) is 4.29. The van der Waals surface area contributed by atoms with E-state index in [-0.39, 0.29) is 6.10 Å². The number of nitrogens with two attached hydrogens (primary N) is 1. The lowest BCUT2D eigenvalue weighted by Crippen LogP contribution is -2.06. The third kappa shape index (κ3) is 1.78. The summed E-state index contributed by atoms with van der Waals surface area (Å²) in [5.41, 5.74) is 8.06. The first-order chi connectivity index (χ1) is 7.63. The van der Waals surface area contributed by atoms with Crippen LogP contribution in [0.2, 0.25) is 0 Å². The Morgan fingerprint density at radius 1 is 1.38 bits per heavy atom. The van der Waals surface area contributed by atoms with Gasteiger partial charge in [0.15, 0.2) is 0 Å². The second kappa shape index (κ2) is 4.18. The maximum absolute atomic E-state index is 5.81. The Labute approximate surface area is 95.8 Å². The van der Waals surface area contributed by atoms with Crippen molar-refractivity contribution in [1.82, 2.24) is 4.57 Å². The van der Waals surface area contributed by atoms with Crippen LogP contribution in [0.1, 0.15) is 19.4 Å². The highest BCUT2D eigenvalue weighted by Gasteiger charge is 2.11. The first-order valence-corrected chi connectivity index (χ1v) is 5.57. The van der Waals surface area contributed by atoms with E-state index >= 15 is 0 Å². The van der Waals surface area contributed by atoms with E-state index in [1.165, 1.54) is 5.52 Å². The highest BCUT2D eigenvalue weighted by molar-refractivity contribution is 5.90. The van der Waals surface area contributed by atoms with Crippen LogP contribution in [0.3, 0.4) is 0 Å². The number of hydrogen-bond donors (Lipinski definition) is 1. The van der Waals surface area contributed by atoms with Gasteiger partial charge in [-0.15, -0.1) is 0 Å². The van der Waals surface area contributed by atoms with E-state index in [2.05, 4.69) is 16.8 Å². The number of rotatable bonds is 3. The lowest BCUT2D eigenvalue weighted by atomic mass is 10.1. The average molecular weight is 218 g/mol. The predicted octanol–water partition coefficient (Wildman–Crippen LogP) is 2.42. The minimum Gasteiger partial charge on any atom is -0.490 e. The fraction of sp³-hybridized carbons (Fsp3) is 0.385. The summed E-state index contributed by atoms with van der Waals surface area (Å²) in [4.78, 5) is 0.